The molecule has 9 heteroatoms. The van der Waals surface area contributed by atoms with Gasteiger partial charge in [0.1, 0.15) is 11.2 Å². The molecule has 0 radical (unpaired) electrons. The highest BCUT2D eigenvalue weighted by Crippen LogP contribution is 2.25. The lowest BCUT2D eigenvalue weighted by Gasteiger charge is -2.17. The molecule has 2 aromatic carbocycles. The second-order valence-electron chi connectivity index (χ2n) is 7.02. The average molecular weight is 441 g/mol. The topological polar surface area (TPSA) is 103 Å². The zero-order valence-electron chi connectivity index (χ0n) is 15.7. The number of halogens is 1. The Morgan fingerprint density at radius 1 is 1.23 bits per heavy atom. The summed E-state index contributed by atoms with van der Waals surface area (Å²) in [6, 6.07) is 14.5. The molecule has 1 saturated heterocycles. The van der Waals surface area contributed by atoms with Crippen LogP contribution in [-0.4, -0.2) is 36.8 Å². The maximum atomic E-state index is 12.8. The molecule has 152 valence electrons. The zero-order valence-corrected chi connectivity index (χ0v) is 17.3. The summed E-state index contributed by atoms with van der Waals surface area (Å²) < 4.78 is 28.2. The standard InChI is InChI=1S/C21H17ClN4O3S/c22-20-18-5-4-17(11-16(18)6-8-24-20)30(28,29)25-19-7-9-26(21(19)27)13-15-3-1-2-14(10-15)12-23/h1-6,8,10-11,19,25H,7,9,13H2/t19-/m0/s1. The first-order chi connectivity index (χ1) is 14.4. The normalized spacial score (nSPS) is 16.7. The van der Waals surface area contributed by atoms with Crippen molar-refractivity contribution in [1.29, 1.82) is 5.26 Å². The number of pyridine rings is 1. The Hall–Kier alpha value is -2.99. The number of amides is 1. The molecule has 0 aliphatic carbocycles. The number of fused-ring (bicyclic) bond motifs is 1. The summed E-state index contributed by atoms with van der Waals surface area (Å²) in [6.07, 6.45) is 1.88. The van der Waals surface area contributed by atoms with Gasteiger partial charge in [-0.2, -0.15) is 9.98 Å². The number of carbonyl (C=O) groups excluding carboxylic acids is 1. The van der Waals surface area contributed by atoms with Crippen LogP contribution in [0.4, 0.5) is 0 Å². The molecule has 1 aliphatic heterocycles. The monoisotopic (exact) mass is 440 g/mol. The average Bonchev–Trinajstić information content (AvgIpc) is 3.07. The molecule has 4 rings (SSSR count). The summed E-state index contributed by atoms with van der Waals surface area (Å²) >= 11 is 6.04. The second kappa shape index (κ2) is 8.03. The van der Waals surface area contributed by atoms with E-state index in [0.29, 0.717) is 41.0 Å². The van der Waals surface area contributed by atoms with Crippen molar-refractivity contribution < 1.29 is 13.2 Å². The fourth-order valence-electron chi connectivity index (χ4n) is 3.51. The van der Waals surface area contributed by atoms with Gasteiger partial charge in [0.25, 0.3) is 0 Å². The van der Waals surface area contributed by atoms with Crippen molar-refractivity contribution in [2.45, 2.75) is 23.9 Å². The molecule has 3 aromatic rings. The van der Waals surface area contributed by atoms with Crippen LogP contribution in [0.1, 0.15) is 17.5 Å². The van der Waals surface area contributed by atoms with E-state index in [1.165, 1.54) is 18.3 Å². The summed E-state index contributed by atoms with van der Waals surface area (Å²) in [7, 11) is -3.89. The minimum Gasteiger partial charge on any atom is -0.337 e. The van der Waals surface area contributed by atoms with Crippen LogP contribution < -0.4 is 4.72 Å². The Morgan fingerprint density at radius 3 is 2.87 bits per heavy atom. The first-order valence-corrected chi connectivity index (χ1v) is 11.1. The zero-order chi connectivity index (χ0) is 21.3. The molecule has 0 spiro atoms. The molecule has 0 saturated carbocycles. The summed E-state index contributed by atoms with van der Waals surface area (Å²) in [5, 5.41) is 10.6. The third kappa shape index (κ3) is 4.00. The van der Waals surface area contributed by atoms with E-state index < -0.39 is 16.1 Å². The molecule has 0 unspecified atom stereocenters. The van der Waals surface area contributed by atoms with Crippen LogP contribution in [0.2, 0.25) is 5.15 Å². The number of aromatic nitrogens is 1. The largest absolute Gasteiger partial charge is 0.337 e. The van der Waals surface area contributed by atoms with Crippen molar-refractivity contribution in [3.63, 3.8) is 0 Å². The number of nitrogens with zero attached hydrogens (tertiary/aromatic N) is 3. The quantitative estimate of drug-likeness (QED) is 0.614. The van der Waals surface area contributed by atoms with Crippen molar-refractivity contribution in [3.05, 3.63) is 71.0 Å². The highest BCUT2D eigenvalue weighted by molar-refractivity contribution is 7.89. The Kier molecular flexibility index (Phi) is 5.43. The molecule has 30 heavy (non-hydrogen) atoms. The molecule has 1 aliphatic rings. The second-order valence-corrected chi connectivity index (χ2v) is 9.09. The Balaban J connectivity index is 1.50. The van der Waals surface area contributed by atoms with Gasteiger partial charge in [-0.15, -0.1) is 0 Å². The van der Waals surface area contributed by atoms with Gasteiger partial charge in [-0.3, -0.25) is 4.79 Å². The minimum atomic E-state index is -3.89. The molecule has 2 heterocycles. The highest BCUT2D eigenvalue weighted by atomic mass is 35.5. The van der Waals surface area contributed by atoms with Crippen molar-refractivity contribution in [2.75, 3.05) is 6.54 Å². The molecule has 1 aromatic heterocycles. The van der Waals surface area contributed by atoms with E-state index in [0.717, 1.165) is 5.56 Å². The smallest absolute Gasteiger partial charge is 0.241 e. The number of rotatable bonds is 5. The van der Waals surface area contributed by atoms with Crippen LogP contribution in [-0.2, 0) is 21.4 Å². The van der Waals surface area contributed by atoms with Gasteiger partial charge in [-0.05, 0) is 53.8 Å². The molecule has 0 bridgehead atoms. The number of hydrogen-bond donors (Lipinski definition) is 1. The van der Waals surface area contributed by atoms with Gasteiger partial charge in [-0.1, -0.05) is 23.7 Å². The fraction of sp³-hybridized carbons (Fsp3) is 0.190. The van der Waals surface area contributed by atoms with Crippen LogP contribution in [0.3, 0.4) is 0 Å². The number of carbonyl (C=O) groups is 1. The SMILES string of the molecule is N#Cc1cccc(CN2CC[C@H](NS(=O)(=O)c3ccc4c(Cl)nccc4c3)C2=O)c1. The molecule has 1 atom stereocenters. The summed E-state index contributed by atoms with van der Waals surface area (Å²) in [6.45, 7) is 0.760. The maximum Gasteiger partial charge on any atom is 0.241 e. The molecule has 1 fully saturated rings. The first kappa shape index (κ1) is 20.3. The van der Waals surface area contributed by atoms with E-state index in [1.54, 1.807) is 35.2 Å². The summed E-state index contributed by atoms with van der Waals surface area (Å²) in [4.78, 5) is 18.4. The van der Waals surface area contributed by atoms with Gasteiger partial charge in [0.05, 0.1) is 16.5 Å². The van der Waals surface area contributed by atoms with E-state index in [-0.39, 0.29) is 10.8 Å². The summed E-state index contributed by atoms with van der Waals surface area (Å²) in [5.74, 6) is -0.283. The Bertz CT molecular complexity index is 1290. The molecule has 1 amide bonds. The van der Waals surface area contributed by atoms with E-state index in [9.17, 15) is 13.2 Å². The van der Waals surface area contributed by atoms with Crippen molar-refractivity contribution >= 4 is 38.3 Å². The number of nitriles is 1. The van der Waals surface area contributed by atoms with Gasteiger partial charge in [0.15, 0.2) is 0 Å². The van der Waals surface area contributed by atoms with Gasteiger partial charge >= 0.3 is 0 Å². The van der Waals surface area contributed by atoms with E-state index in [2.05, 4.69) is 15.8 Å². The predicted octanol–water partition coefficient (Wildman–Crippen LogP) is 2.84. The molecular weight excluding hydrogens is 424 g/mol. The Labute approximate surface area is 179 Å². The van der Waals surface area contributed by atoms with Crippen molar-refractivity contribution in [3.8, 4) is 6.07 Å². The van der Waals surface area contributed by atoms with Crippen LogP contribution in [0.15, 0.2) is 59.6 Å². The number of hydrogen-bond acceptors (Lipinski definition) is 5. The predicted molar refractivity (Wildman–Crippen MR) is 112 cm³/mol. The van der Waals surface area contributed by atoms with Crippen molar-refractivity contribution in [2.24, 2.45) is 0 Å². The summed E-state index contributed by atoms with van der Waals surface area (Å²) in [5.41, 5.74) is 1.34. The van der Waals surface area contributed by atoms with Crippen LogP contribution in [0.5, 0.6) is 0 Å². The van der Waals surface area contributed by atoms with E-state index >= 15 is 0 Å². The Morgan fingerprint density at radius 2 is 2.07 bits per heavy atom. The number of sulfonamides is 1. The van der Waals surface area contributed by atoms with Gasteiger partial charge in [0.2, 0.25) is 15.9 Å². The third-order valence-electron chi connectivity index (χ3n) is 5.02. The molecule has 1 N–H and O–H groups in total. The number of benzene rings is 2. The first-order valence-electron chi connectivity index (χ1n) is 9.22. The van der Waals surface area contributed by atoms with Crippen LogP contribution in [0.25, 0.3) is 10.8 Å². The lowest BCUT2D eigenvalue weighted by atomic mass is 10.1. The molecular formula is C21H17ClN4O3S. The van der Waals surface area contributed by atoms with Gasteiger partial charge in [-0.25, -0.2) is 13.4 Å². The number of nitrogens with one attached hydrogen (secondary N) is 1. The van der Waals surface area contributed by atoms with Gasteiger partial charge < -0.3 is 4.90 Å². The highest BCUT2D eigenvalue weighted by Gasteiger charge is 2.35. The van der Waals surface area contributed by atoms with Gasteiger partial charge in [0, 0.05) is 24.7 Å². The fourth-order valence-corrected chi connectivity index (χ4v) is 4.99. The lowest BCUT2D eigenvalue weighted by molar-refractivity contribution is -0.129. The van der Waals surface area contributed by atoms with E-state index in [1.807, 2.05) is 6.07 Å². The lowest BCUT2D eigenvalue weighted by Crippen LogP contribution is -2.41. The van der Waals surface area contributed by atoms with E-state index in [4.69, 9.17) is 16.9 Å². The molecule has 7 nitrogen and oxygen atoms in total. The number of likely N-dealkylation sites (tertiary alicyclic amines) is 1. The maximum absolute atomic E-state index is 12.8. The third-order valence-corrected chi connectivity index (χ3v) is 6.79. The van der Waals surface area contributed by atoms with Crippen molar-refractivity contribution in [1.82, 2.24) is 14.6 Å². The van der Waals surface area contributed by atoms with Crippen LogP contribution in [0, 0.1) is 11.3 Å². The van der Waals surface area contributed by atoms with Crippen LogP contribution >= 0.6 is 11.6 Å². The minimum absolute atomic E-state index is 0.0604.